The van der Waals surface area contributed by atoms with E-state index >= 15 is 0 Å². The topological polar surface area (TPSA) is 89.5 Å². The molecule has 8 heteroatoms. The van der Waals surface area contributed by atoms with Crippen LogP contribution in [0, 0.1) is 6.92 Å². The van der Waals surface area contributed by atoms with Crippen molar-refractivity contribution in [2.24, 2.45) is 0 Å². The lowest BCUT2D eigenvalue weighted by Crippen LogP contribution is -2.14. The fourth-order valence-corrected chi connectivity index (χ4v) is 3.77. The summed E-state index contributed by atoms with van der Waals surface area (Å²) in [7, 11) is 0. The number of hydrogen-bond acceptors (Lipinski definition) is 8. The van der Waals surface area contributed by atoms with E-state index in [1.807, 2.05) is 43.3 Å². The average Bonchev–Trinajstić information content (AvgIpc) is 2.92. The van der Waals surface area contributed by atoms with Crippen molar-refractivity contribution in [2.75, 3.05) is 52.9 Å². The lowest BCUT2D eigenvalue weighted by atomic mass is 9.99. The lowest BCUT2D eigenvalue weighted by Gasteiger charge is -2.18. The van der Waals surface area contributed by atoms with Gasteiger partial charge in [0.25, 0.3) is 0 Å². The van der Waals surface area contributed by atoms with E-state index in [2.05, 4.69) is 19.2 Å². The largest absolute Gasteiger partial charge is 0.490 e. The maximum Gasteiger partial charge on any atom is 0.333 e. The zero-order chi connectivity index (χ0) is 28.2. The summed E-state index contributed by atoms with van der Waals surface area (Å²) in [6, 6.07) is 14.1. The quantitative estimate of drug-likeness (QED) is 0.105. The number of fused-ring (bicyclic) bond motifs is 2. The molecule has 39 heavy (non-hydrogen) atoms. The fourth-order valence-electron chi connectivity index (χ4n) is 3.77. The third-order valence-electron chi connectivity index (χ3n) is 5.65. The number of esters is 2. The highest BCUT2D eigenvalue weighted by atomic mass is 16.6. The van der Waals surface area contributed by atoms with Crippen LogP contribution in [0.15, 0.2) is 66.8 Å². The molecule has 0 saturated carbocycles. The van der Waals surface area contributed by atoms with Crippen LogP contribution in [0.25, 0.3) is 21.5 Å². The first-order valence-electron chi connectivity index (χ1n) is 12.8. The third kappa shape index (κ3) is 8.56. The van der Waals surface area contributed by atoms with Crippen LogP contribution in [0.4, 0.5) is 0 Å². The number of benzene rings is 3. The highest BCUT2D eigenvalue weighted by Gasteiger charge is 2.16. The van der Waals surface area contributed by atoms with Crippen molar-refractivity contribution in [3.63, 3.8) is 0 Å². The summed E-state index contributed by atoms with van der Waals surface area (Å²) in [4.78, 5) is 22.9. The van der Waals surface area contributed by atoms with Crippen LogP contribution in [-0.2, 0) is 28.5 Å². The molecule has 0 aliphatic heterocycles. The summed E-state index contributed by atoms with van der Waals surface area (Å²) >= 11 is 0. The number of ether oxygens (including phenoxy) is 6. The SMILES string of the molecule is C=C(C)C(=O)OCCOCCOc1c2ccccc2c(OCCOCCOC(=O)C(=C)C)c2cc(C)ccc12. The molecule has 3 rings (SSSR count). The van der Waals surface area contributed by atoms with Gasteiger partial charge in [0.1, 0.15) is 37.9 Å². The highest BCUT2D eigenvalue weighted by molar-refractivity contribution is 6.11. The number of carbonyl (C=O) groups is 2. The molecular formula is C31H36O8. The smallest absolute Gasteiger partial charge is 0.333 e. The van der Waals surface area contributed by atoms with E-state index in [0.29, 0.717) is 37.6 Å². The summed E-state index contributed by atoms with van der Waals surface area (Å²) in [5, 5.41) is 3.71. The number of carbonyl (C=O) groups excluding carboxylic acids is 2. The molecule has 208 valence electrons. The Morgan fingerprint density at radius 2 is 1.05 bits per heavy atom. The Morgan fingerprint density at radius 3 is 1.54 bits per heavy atom. The predicted molar refractivity (Wildman–Crippen MR) is 150 cm³/mol. The van der Waals surface area contributed by atoms with Gasteiger partial charge in [-0.2, -0.15) is 0 Å². The van der Waals surface area contributed by atoms with Crippen molar-refractivity contribution in [1.29, 1.82) is 0 Å². The number of aryl methyl sites for hydroxylation is 1. The molecule has 0 bridgehead atoms. The Bertz CT molecular complexity index is 1330. The number of rotatable bonds is 16. The monoisotopic (exact) mass is 536 g/mol. The van der Waals surface area contributed by atoms with E-state index in [4.69, 9.17) is 28.4 Å². The van der Waals surface area contributed by atoms with Gasteiger partial charge in [-0.3, -0.25) is 0 Å². The second kappa shape index (κ2) is 14.9. The molecule has 0 unspecified atom stereocenters. The van der Waals surface area contributed by atoms with Gasteiger partial charge in [-0.15, -0.1) is 0 Å². The van der Waals surface area contributed by atoms with Crippen LogP contribution in [0.2, 0.25) is 0 Å². The molecular weight excluding hydrogens is 500 g/mol. The molecule has 0 fully saturated rings. The van der Waals surface area contributed by atoms with E-state index in [1.54, 1.807) is 13.8 Å². The minimum Gasteiger partial charge on any atom is -0.490 e. The number of hydrogen-bond donors (Lipinski definition) is 0. The van der Waals surface area contributed by atoms with Crippen LogP contribution in [0.5, 0.6) is 11.5 Å². The van der Waals surface area contributed by atoms with Crippen LogP contribution >= 0.6 is 0 Å². The van der Waals surface area contributed by atoms with Crippen LogP contribution in [0.3, 0.4) is 0 Å². The minimum absolute atomic E-state index is 0.159. The van der Waals surface area contributed by atoms with Crippen molar-refractivity contribution in [3.8, 4) is 11.5 Å². The zero-order valence-electron chi connectivity index (χ0n) is 22.9. The van der Waals surface area contributed by atoms with E-state index in [1.165, 1.54) is 0 Å². The maximum absolute atomic E-state index is 11.5. The molecule has 3 aromatic carbocycles. The summed E-state index contributed by atoms with van der Waals surface area (Å²) in [5.74, 6) is 0.646. The van der Waals surface area contributed by atoms with Gasteiger partial charge in [-0.05, 0) is 26.8 Å². The summed E-state index contributed by atoms with van der Waals surface area (Å²) in [5.41, 5.74) is 1.81. The molecule has 0 amide bonds. The van der Waals surface area contributed by atoms with Crippen molar-refractivity contribution in [3.05, 3.63) is 72.3 Å². The second-order valence-electron chi connectivity index (χ2n) is 9.01. The molecule has 3 aromatic rings. The third-order valence-corrected chi connectivity index (χ3v) is 5.65. The van der Waals surface area contributed by atoms with Crippen LogP contribution < -0.4 is 9.47 Å². The minimum atomic E-state index is -0.430. The fraction of sp³-hybridized carbons (Fsp3) is 0.355. The van der Waals surface area contributed by atoms with E-state index < -0.39 is 11.9 Å². The Morgan fingerprint density at radius 1 is 0.615 bits per heavy atom. The molecule has 8 nitrogen and oxygen atoms in total. The van der Waals surface area contributed by atoms with Gasteiger partial charge in [-0.25, -0.2) is 9.59 Å². The first-order chi connectivity index (χ1) is 18.8. The molecule has 0 spiro atoms. The Labute approximate surface area is 229 Å². The van der Waals surface area contributed by atoms with E-state index in [-0.39, 0.29) is 26.4 Å². The Balaban J connectivity index is 1.65. The van der Waals surface area contributed by atoms with Gasteiger partial charge in [0.05, 0.1) is 26.4 Å². The molecule has 0 saturated heterocycles. The van der Waals surface area contributed by atoms with Gasteiger partial charge in [0.2, 0.25) is 0 Å². The standard InChI is InChI=1S/C31H36O8/c1-21(2)30(32)38-18-14-34-12-16-36-28-24-8-6-7-9-25(24)29(27-20-23(5)10-11-26(27)28)37-17-13-35-15-19-39-31(33)22(3)4/h6-11,20H,1,3,12-19H2,2,4-5H3. The molecule has 0 aromatic heterocycles. The van der Waals surface area contributed by atoms with Gasteiger partial charge in [-0.1, -0.05) is 55.1 Å². The first-order valence-corrected chi connectivity index (χ1v) is 12.8. The molecule has 0 radical (unpaired) electrons. The van der Waals surface area contributed by atoms with E-state index in [9.17, 15) is 9.59 Å². The molecule has 0 N–H and O–H groups in total. The lowest BCUT2D eigenvalue weighted by molar-refractivity contribution is -0.141. The van der Waals surface area contributed by atoms with Gasteiger partial charge >= 0.3 is 11.9 Å². The normalized spacial score (nSPS) is 10.8. The Hall–Kier alpha value is -3.88. The molecule has 0 atom stereocenters. The Kier molecular flexibility index (Phi) is 11.3. The van der Waals surface area contributed by atoms with Crippen molar-refractivity contribution < 1.29 is 38.0 Å². The van der Waals surface area contributed by atoms with Gasteiger partial charge in [0.15, 0.2) is 0 Å². The van der Waals surface area contributed by atoms with Crippen molar-refractivity contribution in [2.45, 2.75) is 20.8 Å². The molecule has 0 aliphatic rings. The molecule has 0 heterocycles. The van der Waals surface area contributed by atoms with Crippen LogP contribution in [-0.4, -0.2) is 64.8 Å². The first kappa shape index (κ1) is 29.7. The summed E-state index contributed by atoms with van der Waals surface area (Å²) in [6.45, 7) is 14.5. The zero-order valence-corrected chi connectivity index (χ0v) is 22.9. The van der Waals surface area contributed by atoms with Gasteiger partial charge in [0, 0.05) is 32.7 Å². The second-order valence-corrected chi connectivity index (χ2v) is 9.01. The highest BCUT2D eigenvalue weighted by Crippen LogP contribution is 2.43. The summed E-state index contributed by atoms with van der Waals surface area (Å²) < 4.78 is 33.7. The summed E-state index contributed by atoms with van der Waals surface area (Å²) in [6.07, 6.45) is 0. The predicted octanol–water partition coefficient (Wildman–Crippen LogP) is 5.33. The maximum atomic E-state index is 11.5. The van der Waals surface area contributed by atoms with Crippen molar-refractivity contribution >= 4 is 33.5 Å². The van der Waals surface area contributed by atoms with Crippen molar-refractivity contribution in [1.82, 2.24) is 0 Å². The van der Waals surface area contributed by atoms with Crippen LogP contribution in [0.1, 0.15) is 19.4 Å². The van der Waals surface area contributed by atoms with E-state index in [0.717, 1.165) is 38.6 Å². The van der Waals surface area contributed by atoms with Gasteiger partial charge < -0.3 is 28.4 Å². The molecule has 0 aliphatic carbocycles. The average molecular weight is 537 g/mol.